The lowest BCUT2D eigenvalue weighted by atomic mass is 9.98. The van der Waals surface area contributed by atoms with Gasteiger partial charge in [-0.15, -0.1) is 0 Å². The summed E-state index contributed by atoms with van der Waals surface area (Å²) in [7, 11) is 1.61. The first-order valence-corrected chi connectivity index (χ1v) is 11.1. The maximum atomic E-state index is 12.2. The number of benzene rings is 2. The average molecular weight is 476 g/mol. The number of carbonyl (C=O) groups excluding carboxylic acids is 1. The summed E-state index contributed by atoms with van der Waals surface area (Å²) >= 11 is 3.62. The molecule has 1 aliphatic rings. The summed E-state index contributed by atoms with van der Waals surface area (Å²) in [4.78, 5) is 12.2. The number of nitrogens with one attached hydrogen (secondary N) is 3. The molecule has 1 fully saturated rings. The summed E-state index contributed by atoms with van der Waals surface area (Å²) in [5, 5.41) is 9.77. The minimum Gasteiger partial charge on any atom is -0.493 e. The fourth-order valence-electron chi connectivity index (χ4n) is 3.46. The van der Waals surface area contributed by atoms with Gasteiger partial charge in [0.2, 0.25) is 0 Å². The number of amides is 1. The minimum absolute atomic E-state index is 0.0933. The molecule has 162 valence electrons. The summed E-state index contributed by atoms with van der Waals surface area (Å²) in [6.07, 6.45) is 2.43. The highest BCUT2D eigenvalue weighted by Crippen LogP contribution is 2.33. The molecule has 6 nitrogen and oxygen atoms in total. The molecule has 1 heterocycles. The first-order valence-electron chi connectivity index (χ1n) is 10.3. The molecule has 0 unspecified atom stereocenters. The number of piperidine rings is 1. The number of anilines is 1. The van der Waals surface area contributed by atoms with Crippen molar-refractivity contribution in [3.63, 3.8) is 0 Å². The fourth-order valence-corrected chi connectivity index (χ4v) is 3.92. The minimum atomic E-state index is -0.218. The van der Waals surface area contributed by atoms with Crippen LogP contribution >= 0.6 is 15.9 Å². The number of carbonyl (C=O) groups is 1. The number of hydrogen-bond donors (Lipinski definition) is 3. The van der Waals surface area contributed by atoms with Gasteiger partial charge >= 0.3 is 0 Å². The smallest absolute Gasteiger partial charge is 0.262 e. The molecule has 0 atom stereocenters. The van der Waals surface area contributed by atoms with Crippen LogP contribution < -0.4 is 25.4 Å². The first-order chi connectivity index (χ1) is 14.5. The molecule has 1 amide bonds. The number of rotatable bonds is 9. The van der Waals surface area contributed by atoms with E-state index in [1.54, 1.807) is 7.11 Å². The average Bonchev–Trinajstić information content (AvgIpc) is 2.76. The monoisotopic (exact) mass is 475 g/mol. The van der Waals surface area contributed by atoms with Crippen molar-refractivity contribution in [3.05, 3.63) is 52.0 Å². The summed E-state index contributed by atoms with van der Waals surface area (Å²) < 4.78 is 12.1. The van der Waals surface area contributed by atoms with Gasteiger partial charge in [0, 0.05) is 16.7 Å². The number of hydrogen-bond acceptors (Lipinski definition) is 5. The molecule has 0 spiro atoms. The van der Waals surface area contributed by atoms with Gasteiger partial charge in [0.1, 0.15) is 0 Å². The molecule has 30 heavy (non-hydrogen) atoms. The van der Waals surface area contributed by atoms with Gasteiger partial charge in [-0.1, -0.05) is 33.6 Å². The Morgan fingerprint density at radius 2 is 1.90 bits per heavy atom. The van der Waals surface area contributed by atoms with Crippen LogP contribution in [-0.4, -0.2) is 39.3 Å². The van der Waals surface area contributed by atoms with Gasteiger partial charge in [-0.05, 0) is 75.1 Å². The van der Waals surface area contributed by atoms with E-state index < -0.39 is 0 Å². The largest absolute Gasteiger partial charge is 0.493 e. The van der Waals surface area contributed by atoms with Crippen molar-refractivity contribution < 1.29 is 14.3 Å². The standard InChI is InChI=1S/C23H30BrN3O3/c1-16-3-5-19(6-4-16)27-23(28)15-30-22-12-20(24)18(11-21(22)29-2)14-26-13-17-7-9-25-10-8-17/h3-6,11-12,17,25-26H,7-10,13-15H2,1-2H3,(H,27,28). The van der Waals surface area contributed by atoms with Crippen molar-refractivity contribution in [1.82, 2.24) is 10.6 Å². The molecule has 0 aromatic heterocycles. The van der Waals surface area contributed by atoms with Crippen molar-refractivity contribution in [2.75, 3.05) is 38.7 Å². The predicted octanol–water partition coefficient (Wildman–Crippen LogP) is 3.87. The third-order valence-electron chi connectivity index (χ3n) is 5.23. The van der Waals surface area contributed by atoms with E-state index in [2.05, 4.69) is 31.9 Å². The lowest BCUT2D eigenvalue weighted by molar-refractivity contribution is -0.118. The maximum Gasteiger partial charge on any atom is 0.262 e. The molecular formula is C23H30BrN3O3. The van der Waals surface area contributed by atoms with Crippen molar-refractivity contribution in [2.24, 2.45) is 5.92 Å². The highest BCUT2D eigenvalue weighted by Gasteiger charge is 2.15. The summed E-state index contributed by atoms with van der Waals surface area (Å²) in [5.41, 5.74) is 2.99. The second-order valence-electron chi connectivity index (χ2n) is 7.62. The topological polar surface area (TPSA) is 71.6 Å². The summed E-state index contributed by atoms with van der Waals surface area (Å²) in [5.74, 6) is 1.65. The van der Waals surface area contributed by atoms with Crippen LogP contribution in [0, 0.1) is 12.8 Å². The van der Waals surface area contributed by atoms with E-state index in [1.807, 2.05) is 43.3 Å². The second kappa shape index (κ2) is 11.3. The van der Waals surface area contributed by atoms with Crippen molar-refractivity contribution in [2.45, 2.75) is 26.3 Å². The third kappa shape index (κ3) is 6.72. The van der Waals surface area contributed by atoms with Gasteiger partial charge in [0.15, 0.2) is 18.1 Å². The van der Waals surface area contributed by atoms with Gasteiger partial charge < -0.3 is 25.4 Å². The van der Waals surface area contributed by atoms with Crippen molar-refractivity contribution >= 4 is 27.5 Å². The molecule has 2 aromatic rings. The molecule has 0 radical (unpaired) electrons. The Labute approximate surface area is 186 Å². The molecule has 3 rings (SSSR count). The molecule has 1 aliphatic heterocycles. The van der Waals surface area contributed by atoms with E-state index in [-0.39, 0.29) is 12.5 Å². The van der Waals surface area contributed by atoms with Crippen LogP contribution in [0.3, 0.4) is 0 Å². The van der Waals surface area contributed by atoms with Crippen LogP contribution in [0.5, 0.6) is 11.5 Å². The highest BCUT2D eigenvalue weighted by molar-refractivity contribution is 9.10. The Hall–Kier alpha value is -2.09. The Morgan fingerprint density at radius 3 is 2.60 bits per heavy atom. The molecular weight excluding hydrogens is 446 g/mol. The van der Waals surface area contributed by atoms with E-state index in [9.17, 15) is 4.79 Å². The van der Waals surface area contributed by atoms with E-state index in [4.69, 9.17) is 9.47 Å². The summed E-state index contributed by atoms with van der Waals surface area (Å²) in [6.45, 7) is 5.87. The Kier molecular flexibility index (Phi) is 8.54. The predicted molar refractivity (Wildman–Crippen MR) is 123 cm³/mol. The van der Waals surface area contributed by atoms with Crippen molar-refractivity contribution in [1.29, 1.82) is 0 Å². The number of halogens is 1. The molecule has 0 saturated carbocycles. The van der Waals surface area contributed by atoms with Crippen LogP contribution in [-0.2, 0) is 11.3 Å². The van der Waals surface area contributed by atoms with E-state index in [0.29, 0.717) is 11.5 Å². The Balaban J connectivity index is 1.53. The van der Waals surface area contributed by atoms with E-state index in [0.717, 1.165) is 53.4 Å². The van der Waals surface area contributed by atoms with Crippen molar-refractivity contribution in [3.8, 4) is 11.5 Å². The fraction of sp³-hybridized carbons (Fsp3) is 0.435. The molecule has 0 bridgehead atoms. The normalized spacial score (nSPS) is 14.4. The zero-order valence-corrected chi connectivity index (χ0v) is 19.2. The van der Waals surface area contributed by atoms with E-state index in [1.165, 1.54) is 12.8 Å². The van der Waals surface area contributed by atoms with Crippen LogP contribution in [0.1, 0.15) is 24.0 Å². The van der Waals surface area contributed by atoms with Crippen LogP contribution in [0.4, 0.5) is 5.69 Å². The maximum absolute atomic E-state index is 12.2. The molecule has 2 aromatic carbocycles. The van der Waals surface area contributed by atoms with Gasteiger partial charge in [-0.3, -0.25) is 4.79 Å². The number of aryl methyl sites for hydroxylation is 1. The quantitative estimate of drug-likeness (QED) is 0.513. The third-order valence-corrected chi connectivity index (χ3v) is 5.97. The first kappa shape index (κ1) is 22.6. The summed E-state index contributed by atoms with van der Waals surface area (Å²) in [6, 6.07) is 11.5. The zero-order chi connectivity index (χ0) is 21.3. The van der Waals surface area contributed by atoms with Gasteiger partial charge in [-0.2, -0.15) is 0 Å². The number of methoxy groups -OCH3 is 1. The zero-order valence-electron chi connectivity index (χ0n) is 17.6. The molecule has 7 heteroatoms. The molecule has 3 N–H and O–H groups in total. The SMILES string of the molecule is COc1cc(CNCC2CCNCC2)c(Br)cc1OCC(=O)Nc1ccc(C)cc1. The molecule has 0 aliphatic carbocycles. The number of ether oxygens (including phenoxy) is 2. The Bertz CT molecular complexity index is 836. The van der Waals surface area contributed by atoms with Crippen LogP contribution in [0.2, 0.25) is 0 Å². The van der Waals surface area contributed by atoms with Crippen LogP contribution in [0.25, 0.3) is 0 Å². The van der Waals surface area contributed by atoms with Crippen LogP contribution in [0.15, 0.2) is 40.9 Å². The van der Waals surface area contributed by atoms with Gasteiger partial charge in [0.05, 0.1) is 7.11 Å². The highest BCUT2D eigenvalue weighted by atomic mass is 79.9. The molecule has 1 saturated heterocycles. The lowest BCUT2D eigenvalue weighted by Gasteiger charge is -2.23. The Morgan fingerprint density at radius 1 is 1.17 bits per heavy atom. The second-order valence-corrected chi connectivity index (χ2v) is 8.48. The van der Waals surface area contributed by atoms with E-state index >= 15 is 0 Å². The van der Waals surface area contributed by atoms with Gasteiger partial charge in [-0.25, -0.2) is 0 Å². The van der Waals surface area contributed by atoms with Gasteiger partial charge in [0.25, 0.3) is 5.91 Å². The lowest BCUT2D eigenvalue weighted by Crippen LogP contribution is -2.33.